The molecule has 2 aliphatic heterocycles. The van der Waals surface area contributed by atoms with Gasteiger partial charge in [-0.25, -0.2) is 8.78 Å². The zero-order valence-electron chi connectivity index (χ0n) is 16.3. The number of hydrogen-bond acceptors (Lipinski definition) is 5. The second-order valence-electron chi connectivity index (χ2n) is 7.26. The van der Waals surface area contributed by atoms with Gasteiger partial charge in [0.1, 0.15) is 10.8 Å². The van der Waals surface area contributed by atoms with E-state index in [9.17, 15) is 23.2 Å². The van der Waals surface area contributed by atoms with Crippen molar-refractivity contribution in [2.24, 2.45) is 0 Å². The molecule has 10 heteroatoms. The number of nitrogens with one attached hydrogen (secondary N) is 1. The van der Waals surface area contributed by atoms with Crippen LogP contribution in [0.4, 0.5) is 13.8 Å². The minimum atomic E-state index is -0.975. The molecule has 1 unspecified atom stereocenters. The molecule has 3 heterocycles. The molecule has 0 bridgehead atoms. The highest BCUT2D eigenvalue weighted by atomic mass is 32.1. The topological polar surface area (TPSA) is 79.0 Å². The van der Waals surface area contributed by atoms with Gasteiger partial charge < -0.3 is 19.9 Å². The van der Waals surface area contributed by atoms with E-state index in [1.54, 1.807) is 11.9 Å². The van der Waals surface area contributed by atoms with Crippen molar-refractivity contribution in [2.45, 2.75) is 26.0 Å². The molecule has 1 atom stereocenters. The average molecular weight is 435 g/mol. The highest BCUT2D eigenvalue weighted by molar-refractivity contribution is 7.17. The van der Waals surface area contributed by atoms with Crippen molar-refractivity contribution in [1.82, 2.24) is 9.80 Å². The molecule has 1 aromatic carbocycles. The maximum Gasteiger partial charge on any atom is 0.263 e. The fraction of sp³-hybridized carbons (Fsp3) is 0.350. The summed E-state index contributed by atoms with van der Waals surface area (Å²) in [6, 6.07) is 2.90. The van der Waals surface area contributed by atoms with Crippen molar-refractivity contribution in [3.63, 3.8) is 0 Å². The Bertz CT molecular complexity index is 1050. The summed E-state index contributed by atoms with van der Waals surface area (Å²) in [5, 5.41) is 3.27. The number of rotatable bonds is 3. The zero-order valence-corrected chi connectivity index (χ0v) is 17.1. The Labute approximate surface area is 175 Å². The lowest BCUT2D eigenvalue weighted by Gasteiger charge is -2.30. The molecule has 2 aromatic rings. The number of fused-ring (bicyclic) bond motifs is 3. The van der Waals surface area contributed by atoms with Gasteiger partial charge in [0.15, 0.2) is 17.7 Å². The van der Waals surface area contributed by atoms with Crippen molar-refractivity contribution < 1.29 is 27.9 Å². The van der Waals surface area contributed by atoms with E-state index in [1.165, 1.54) is 23.2 Å². The predicted molar refractivity (Wildman–Crippen MR) is 105 cm³/mol. The summed E-state index contributed by atoms with van der Waals surface area (Å²) < 4.78 is 32.3. The third-order valence-corrected chi connectivity index (χ3v) is 6.24. The molecule has 7 nitrogen and oxygen atoms in total. The van der Waals surface area contributed by atoms with Gasteiger partial charge in [-0.05, 0) is 31.0 Å². The summed E-state index contributed by atoms with van der Waals surface area (Å²) >= 11 is 1.29. The molecule has 0 saturated carbocycles. The number of halogens is 2. The number of carbonyl (C=O) groups excluding carboxylic acids is 3. The fourth-order valence-electron chi connectivity index (χ4n) is 3.62. The van der Waals surface area contributed by atoms with E-state index in [4.69, 9.17) is 4.74 Å². The van der Waals surface area contributed by atoms with Crippen molar-refractivity contribution in [3.8, 4) is 5.75 Å². The van der Waals surface area contributed by atoms with Crippen LogP contribution in [-0.2, 0) is 22.6 Å². The number of anilines is 1. The Kier molecular flexibility index (Phi) is 5.19. The smallest absolute Gasteiger partial charge is 0.263 e. The van der Waals surface area contributed by atoms with Crippen molar-refractivity contribution in [3.05, 3.63) is 45.8 Å². The number of benzene rings is 1. The molecule has 0 spiro atoms. The summed E-state index contributed by atoms with van der Waals surface area (Å²) in [4.78, 5) is 41.2. The SMILES string of the molecule is CC(Oc1ccc(F)cc1F)C(=O)N1CCc2c(sc3c2C(=O)N(C)CC(=O)N3)C1. The number of thiophene rings is 1. The fourth-order valence-corrected chi connectivity index (χ4v) is 4.89. The molecule has 4 rings (SSSR count). The van der Waals surface area contributed by atoms with Crippen LogP contribution in [-0.4, -0.2) is 53.8 Å². The summed E-state index contributed by atoms with van der Waals surface area (Å²) in [5.74, 6) is -2.64. The standard InChI is InChI=1S/C20H19F2N3O4S/c1-10(29-14-4-3-11(21)7-13(14)22)19(27)25-6-5-12-15(8-25)30-18-17(12)20(28)24(2)9-16(26)23-18/h3-4,7,10H,5-6,8-9H2,1-2H3,(H,23,26). The number of ether oxygens (including phenoxy) is 1. The number of likely N-dealkylation sites (N-methyl/N-ethyl adjacent to an activating group) is 1. The van der Waals surface area contributed by atoms with Gasteiger partial charge in [-0.15, -0.1) is 11.3 Å². The molecular weight excluding hydrogens is 416 g/mol. The highest BCUT2D eigenvalue weighted by Crippen LogP contribution is 2.39. The van der Waals surface area contributed by atoms with Gasteiger partial charge in [0, 0.05) is 24.5 Å². The van der Waals surface area contributed by atoms with Gasteiger partial charge in [0.2, 0.25) is 5.91 Å². The van der Waals surface area contributed by atoms with Crippen LogP contribution in [0.3, 0.4) is 0 Å². The van der Waals surface area contributed by atoms with Gasteiger partial charge in [0.05, 0.1) is 18.7 Å². The lowest BCUT2D eigenvalue weighted by molar-refractivity contribution is -0.138. The number of amides is 3. The lowest BCUT2D eigenvalue weighted by Crippen LogP contribution is -2.43. The maximum absolute atomic E-state index is 13.8. The third kappa shape index (κ3) is 3.62. The Morgan fingerprint density at radius 3 is 2.77 bits per heavy atom. The van der Waals surface area contributed by atoms with E-state index in [1.807, 2.05) is 0 Å². The molecule has 158 valence electrons. The number of carbonyl (C=O) groups is 3. The molecular formula is C20H19F2N3O4S. The van der Waals surface area contributed by atoms with Crippen LogP contribution >= 0.6 is 11.3 Å². The van der Waals surface area contributed by atoms with Crippen molar-refractivity contribution in [1.29, 1.82) is 0 Å². The Morgan fingerprint density at radius 1 is 1.27 bits per heavy atom. The first-order chi connectivity index (χ1) is 14.2. The van der Waals surface area contributed by atoms with Crippen molar-refractivity contribution >= 4 is 34.1 Å². The average Bonchev–Trinajstić information content (AvgIpc) is 3.00. The van der Waals surface area contributed by atoms with Crippen molar-refractivity contribution in [2.75, 3.05) is 25.5 Å². The van der Waals surface area contributed by atoms with Gasteiger partial charge in [-0.1, -0.05) is 0 Å². The zero-order chi connectivity index (χ0) is 21.6. The third-order valence-electron chi connectivity index (χ3n) is 5.11. The van der Waals surface area contributed by atoms with E-state index in [0.29, 0.717) is 29.6 Å². The van der Waals surface area contributed by atoms with E-state index in [-0.39, 0.29) is 36.6 Å². The molecule has 0 saturated heterocycles. The van der Waals surface area contributed by atoms with Crippen LogP contribution in [0, 0.1) is 11.6 Å². The monoisotopic (exact) mass is 435 g/mol. The quantitative estimate of drug-likeness (QED) is 0.803. The van der Waals surface area contributed by atoms with Crippen LogP contribution in [0.2, 0.25) is 0 Å². The second-order valence-corrected chi connectivity index (χ2v) is 8.37. The van der Waals surface area contributed by atoms with Gasteiger partial charge in [-0.3, -0.25) is 14.4 Å². The first kappa shape index (κ1) is 20.3. The van der Waals surface area contributed by atoms with E-state index in [2.05, 4.69) is 5.32 Å². The number of hydrogen-bond donors (Lipinski definition) is 1. The summed E-state index contributed by atoms with van der Waals surface area (Å²) in [6.07, 6.45) is -0.517. The molecule has 1 aromatic heterocycles. The highest BCUT2D eigenvalue weighted by Gasteiger charge is 2.35. The summed E-state index contributed by atoms with van der Waals surface area (Å²) in [5.41, 5.74) is 1.34. The molecule has 0 radical (unpaired) electrons. The lowest BCUT2D eigenvalue weighted by atomic mass is 10.0. The molecule has 0 fully saturated rings. The van der Waals surface area contributed by atoms with Gasteiger partial charge in [0.25, 0.3) is 11.8 Å². The Morgan fingerprint density at radius 2 is 2.03 bits per heavy atom. The minimum Gasteiger partial charge on any atom is -0.478 e. The van der Waals surface area contributed by atoms with Crippen LogP contribution in [0.25, 0.3) is 0 Å². The molecule has 1 N–H and O–H groups in total. The van der Waals surface area contributed by atoms with Crippen LogP contribution in [0.15, 0.2) is 18.2 Å². The largest absolute Gasteiger partial charge is 0.478 e. The summed E-state index contributed by atoms with van der Waals surface area (Å²) in [6.45, 7) is 2.12. The van der Waals surface area contributed by atoms with Crippen LogP contribution < -0.4 is 10.1 Å². The molecule has 3 amide bonds. The van der Waals surface area contributed by atoms with Crippen LogP contribution in [0.5, 0.6) is 5.75 Å². The molecule has 2 aliphatic rings. The summed E-state index contributed by atoms with van der Waals surface area (Å²) in [7, 11) is 1.58. The second kappa shape index (κ2) is 7.67. The molecule has 30 heavy (non-hydrogen) atoms. The van der Waals surface area contributed by atoms with E-state index < -0.39 is 17.7 Å². The Balaban J connectivity index is 1.52. The first-order valence-corrected chi connectivity index (χ1v) is 10.2. The van der Waals surface area contributed by atoms with E-state index in [0.717, 1.165) is 22.6 Å². The normalized spacial score (nSPS) is 17.1. The molecule has 0 aliphatic carbocycles. The predicted octanol–water partition coefficient (Wildman–Crippen LogP) is 2.40. The minimum absolute atomic E-state index is 0.00554. The Hall–Kier alpha value is -3.01. The van der Waals surface area contributed by atoms with E-state index >= 15 is 0 Å². The van der Waals surface area contributed by atoms with Crippen LogP contribution in [0.1, 0.15) is 27.7 Å². The maximum atomic E-state index is 13.8. The van der Waals surface area contributed by atoms with Gasteiger partial charge >= 0.3 is 0 Å². The first-order valence-electron chi connectivity index (χ1n) is 9.35. The van der Waals surface area contributed by atoms with Gasteiger partial charge in [-0.2, -0.15) is 0 Å². The number of nitrogens with zero attached hydrogens (tertiary/aromatic N) is 2.